The molecule has 0 atom stereocenters. The Morgan fingerprint density at radius 1 is 1.20 bits per heavy atom. The summed E-state index contributed by atoms with van der Waals surface area (Å²) in [7, 11) is 0. The van der Waals surface area contributed by atoms with E-state index in [1.54, 1.807) is 24.3 Å². The van der Waals surface area contributed by atoms with Crippen molar-refractivity contribution < 1.29 is 4.79 Å². The number of amides is 1. The van der Waals surface area contributed by atoms with Crippen molar-refractivity contribution in [3.8, 4) is 0 Å². The Morgan fingerprint density at radius 3 is 2.50 bits per heavy atom. The summed E-state index contributed by atoms with van der Waals surface area (Å²) in [5, 5.41) is 3.97. The van der Waals surface area contributed by atoms with Gasteiger partial charge in [-0.05, 0) is 42.3 Å². The molecule has 2 aromatic carbocycles. The van der Waals surface area contributed by atoms with Crippen molar-refractivity contribution in [1.29, 1.82) is 0 Å². The molecule has 0 aliphatic rings. The number of hydrogen-bond donors (Lipinski definition) is 2. The molecule has 0 unspecified atom stereocenters. The maximum Gasteiger partial charge on any atom is 0.228 e. The van der Waals surface area contributed by atoms with Gasteiger partial charge in [-0.3, -0.25) is 4.79 Å². The van der Waals surface area contributed by atoms with Crippen LogP contribution in [-0.2, 0) is 11.2 Å². The molecule has 0 aromatic heterocycles. The highest BCUT2D eigenvalue weighted by molar-refractivity contribution is 6.32. The third-order valence-electron chi connectivity index (χ3n) is 2.88. The van der Waals surface area contributed by atoms with E-state index >= 15 is 0 Å². The average molecular weight is 309 g/mol. The molecule has 0 spiro atoms. The van der Waals surface area contributed by atoms with Crippen LogP contribution in [0.25, 0.3) is 0 Å². The van der Waals surface area contributed by atoms with Crippen LogP contribution in [0.3, 0.4) is 0 Å². The fourth-order valence-electron chi connectivity index (χ4n) is 1.79. The van der Waals surface area contributed by atoms with Crippen LogP contribution in [0.2, 0.25) is 10.0 Å². The molecule has 1 amide bonds. The van der Waals surface area contributed by atoms with Crippen LogP contribution in [0.1, 0.15) is 11.1 Å². The van der Waals surface area contributed by atoms with E-state index in [1.165, 1.54) is 0 Å². The molecular weight excluding hydrogens is 295 g/mol. The highest BCUT2D eigenvalue weighted by Gasteiger charge is 2.08. The van der Waals surface area contributed by atoms with E-state index < -0.39 is 0 Å². The molecule has 0 saturated heterocycles. The lowest BCUT2D eigenvalue weighted by atomic mass is 10.1. The molecular formula is C15H14Cl2N2O. The van der Waals surface area contributed by atoms with Gasteiger partial charge < -0.3 is 11.1 Å². The highest BCUT2D eigenvalue weighted by atomic mass is 35.5. The summed E-state index contributed by atoms with van der Waals surface area (Å²) < 4.78 is 0. The van der Waals surface area contributed by atoms with Gasteiger partial charge in [0.2, 0.25) is 5.91 Å². The molecule has 0 saturated carbocycles. The third kappa shape index (κ3) is 3.65. The van der Waals surface area contributed by atoms with E-state index in [9.17, 15) is 4.79 Å². The van der Waals surface area contributed by atoms with Gasteiger partial charge in [0, 0.05) is 10.0 Å². The van der Waals surface area contributed by atoms with Crippen molar-refractivity contribution in [2.75, 3.05) is 11.1 Å². The van der Waals surface area contributed by atoms with Gasteiger partial charge in [-0.1, -0.05) is 35.3 Å². The Morgan fingerprint density at radius 2 is 1.85 bits per heavy atom. The standard InChI is InChI=1S/C15H14Cl2N2O/c1-9-6-13(18)14(8-12(9)17)19-15(20)7-10-2-4-11(16)5-3-10/h2-6,8H,7,18H2,1H3,(H,19,20). The van der Waals surface area contributed by atoms with Crippen LogP contribution in [0.15, 0.2) is 36.4 Å². The maximum absolute atomic E-state index is 12.0. The Kier molecular flexibility index (Phi) is 4.53. The van der Waals surface area contributed by atoms with Crippen molar-refractivity contribution >= 4 is 40.5 Å². The van der Waals surface area contributed by atoms with E-state index in [0.717, 1.165) is 11.1 Å². The third-order valence-corrected chi connectivity index (χ3v) is 3.54. The summed E-state index contributed by atoms with van der Waals surface area (Å²) in [5.41, 5.74) is 8.64. The zero-order chi connectivity index (χ0) is 14.7. The minimum Gasteiger partial charge on any atom is -0.397 e. The van der Waals surface area contributed by atoms with Crippen molar-refractivity contribution in [3.05, 3.63) is 57.6 Å². The van der Waals surface area contributed by atoms with Crippen LogP contribution in [0, 0.1) is 6.92 Å². The van der Waals surface area contributed by atoms with Crippen LogP contribution in [0.4, 0.5) is 11.4 Å². The molecule has 2 rings (SSSR count). The molecule has 0 aliphatic carbocycles. The first-order chi connectivity index (χ1) is 9.45. The number of benzene rings is 2. The number of rotatable bonds is 3. The number of carbonyl (C=O) groups excluding carboxylic acids is 1. The van der Waals surface area contributed by atoms with E-state index in [4.69, 9.17) is 28.9 Å². The zero-order valence-corrected chi connectivity index (χ0v) is 12.4. The Bertz CT molecular complexity index is 639. The first-order valence-corrected chi connectivity index (χ1v) is 6.81. The van der Waals surface area contributed by atoms with Gasteiger partial charge in [0.1, 0.15) is 0 Å². The Labute approximate surface area is 127 Å². The predicted octanol–water partition coefficient (Wildman–Crippen LogP) is 4.07. The number of halogens is 2. The molecule has 0 bridgehead atoms. The van der Waals surface area contributed by atoms with E-state index in [2.05, 4.69) is 5.32 Å². The molecule has 2 aromatic rings. The zero-order valence-electron chi connectivity index (χ0n) is 10.9. The second-order valence-corrected chi connectivity index (χ2v) is 5.38. The fourth-order valence-corrected chi connectivity index (χ4v) is 2.08. The molecule has 0 aliphatic heterocycles. The van der Waals surface area contributed by atoms with Gasteiger partial charge in [0.15, 0.2) is 0 Å². The molecule has 0 heterocycles. The summed E-state index contributed by atoms with van der Waals surface area (Å²) in [4.78, 5) is 12.0. The minimum atomic E-state index is -0.154. The van der Waals surface area contributed by atoms with Crippen LogP contribution in [-0.4, -0.2) is 5.91 Å². The number of hydrogen-bond acceptors (Lipinski definition) is 2. The second-order valence-electron chi connectivity index (χ2n) is 4.54. The summed E-state index contributed by atoms with van der Waals surface area (Å²) >= 11 is 11.8. The minimum absolute atomic E-state index is 0.154. The first-order valence-electron chi connectivity index (χ1n) is 6.05. The van der Waals surface area contributed by atoms with Crippen molar-refractivity contribution in [2.24, 2.45) is 0 Å². The van der Waals surface area contributed by atoms with Gasteiger partial charge in [0.25, 0.3) is 0 Å². The summed E-state index contributed by atoms with van der Waals surface area (Å²) in [5.74, 6) is -0.154. The smallest absolute Gasteiger partial charge is 0.228 e. The van der Waals surface area contributed by atoms with E-state index in [1.807, 2.05) is 19.1 Å². The van der Waals surface area contributed by atoms with Crippen LogP contribution >= 0.6 is 23.2 Å². The lowest BCUT2D eigenvalue weighted by Gasteiger charge is -2.10. The average Bonchev–Trinajstić information content (AvgIpc) is 2.39. The molecule has 104 valence electrons. The molecule has 5 heteroatoms. The molecule has 0 radical (unpaired) electrons. The van der Waals surface area contributed by atoms with Gasteiger partial charge in [-0.15, -0.1) is 0 Å². The van der Waals surface area contributed by atoms with Crippen molar-refractivity contribution in [1.82, 2.24) is 0 Å². The van der Waals surface area contributed by atoms with E-state index in [-0.39, 0.29) is 12.3 Å². The SMILES string of the molecule is Cc1cc(N)c(NC(=O)Cc2ccc(Cl)cc2)cc1Cl. The van der Waals surface area contributed by atoms with Crippen molar-refractivity contribution in [2.45, 2.75) is 13.3 Å². The summed E-state index contributed by atoms with van der Waals surface area (Å²) in [6, 6.07) is 10.5. The Balaban J connectivity index is 2.08. The molecule has 3 nitrogen and oxygen atoms in total. The molecule has 3 N–H and O–H groups in total. The fraction of sp³-hybridized carbons (Fsp3) is 0.133. The maximum atomic E-state index is 12.0. The lowest BCUT2D eigenvalue weighted by molar-refractivity contribution is -0.115. The lowest BCUT2D eigenvalue weighted by Crippen LogP contribution is -2.15. The Hall–Kier alpha value is -1.71. The number of nitrogens with one attached hydrogen (secondary N) is 1. The van der Waals surface area contributed by atoms with Crippen molar-refractivity contribution in [3.63, 3.8) is 0 Å². The van der Waals surface area contributed by atoms with E-state index in [0.29, 0.717) is 21.4 Å². The van der Waals surface area contributed by atoms with Gasteiger partial charge >= 0.3 is 0 Å². The van der Waals surface area contributed by atoms with Gasteiger partial charge in [-0.2, -0.15) is 0 Å². The highest BCUT2D eigenvalue weighted by Crippen LogP contribution is 2.26. The number of nitrogens with two attached hydrogens (primary N) is 1. The summed E-state index contributed by atoms with van der Waals surface area (Å²) in [6.07, 6.45) is 0.252. The largest absolute Gasteiger partial charge is 0.397 e. The normalized spacial score (nSPS) is 10.3. The topological polar surface area (TPSA) is 55.1 Å². The van der Waals surface area contributed by atoms with Gasteiger partial charge in [0.05, 0.1) is 17.8 Å². The van der Waals surface area contributed by atoms with Gasteiger partial charge in [-0.25, -0.2) is 0 Å². The number of nitrogen functional groups attached to an aromatic ring is 1. The predicted molar refractivity (Wildman–Crippen MR) is 84.4 cm³/mol. The number of carbonyl (C=O) groups is 1. The monoisotopic (exact) mass is 308 g/mol. The van der Waals surface area contributed by atoms with Crippen LogP contribution < -0.4 is 11.1 Å². The first kappa shape index (κ1) is 14.7. The number of aryl methyl sites for hydroxylation is 1. The summed E-state index contributed by atoms with van der Waals surface area (Å²) in [6.45, 7) is 1.86. The van der Waals surface area contributed by atoms with Crippen LogP contribution in [0.5, 0.6) is 0 Å². The molecule has 0 fully saturated rings. The molecule has 20 heavy (non-hydrogen) atoms. The quantitative estimate of drug-likeness (QED) is 0.840. The number of anilines is 2. The second kappa shape index (κ2) is 6.16.